The molecule has 5 nitrogen and oxygen atoms in total. The minimum Gasteiger partial charge on any atom is -0.458 e. The minimum atomic E-state index is -0.668. The molecule has 1 aliphatic rings. The van der Waals surface area contributed by atoms with Crippen molar-refractivity contribution in [2.75, 3.05) is 0 Å². The van der Waals surface area contributed by atoms with Gasteiger partial charge in [0, 0.05) is 23.0 Å². The van der Waals surface area contributed by atoms with Gasteiger partial charge in [-0.05, 0) is 121 Å². The Labute approximate surface area is 426 Å². The van der Waals surface area contributed by atoms with Crippen molar-refractivity contribution in [3.8, 4) is 84.3 Å². The third-order valence-electron chi connectivity index (χ3n) is 12.6. The summed E-state index contributed by atoms with van der Waals surface area (Å²) in [4.78, 5) is 4.84. The Bertz CT molecular complexity index is 5010. The number of ether oxygens (including phenoxy) is 1. The molecule has 0 bridgehead atoms. The first-order chi connectivity index (χ1) is 41.3. The Morgan fingerprint density at radius 3 is 1.90 bits per heavy atom. The molecule has 3 aromatic heterocycles. The molecule has 0 unspecified atom stereocenters. The molecule has 0 saturated carbocycles. The third kappa shape index (κ3) is 6.77. The van der Waals surface area contributed by atoms with Crippen LogP contribution in [0.25, 0.3) is 106 Å². The molecule has 69 heavy (non-hydrogen) atoms. The molecule has 0 radical (unpaired) electrons. The number of para-hydroxylation sites is 2. The standard InChI is InChI=1S/C64H46N4O/c1-64(2,3)45-35-36-65-61(38-45)68-58-34-31-44(42-17-6-4-7-18-42)37-57(58)54-33-32-48(40-60(54)68)69-47-22-14-21-46(39-47)66-41-67-62-49(43-19-8-5-9-20-43)27-15-28-55(62)52-25-12-10-23-50(52)51-24-11-13-26-53(51)56-29-16-30-59(66)63(56)67/h4-40H,1-3H3/i4D,5D,6D,7D,8D,9D,10D,11D,12D,13D,17D,18D,19D,20D,23D,24D,25D,26D. The maximum absolute atomic E-state index is 9.58. The van der Waals surface area contributed by atoms with Crippen LogP contribution in [0.5, 0.6) is 11.5 Å². The summed E-state index contributed by atoms with van der Waals surface area (Å²) in [7, 11) is 0. The number of aromatic nitrogens is 4. The summed E-state index contributed by atoms with van der Waals surface area (Å²) in [6, 6.07) is 21.7. The molecular formula is C64H46N4O. The molecule has 0 aliphatic carbocycles. The minimum absolute atomic E-state index is 0.0407. The first kappa shape index (κ1) is 25.9. The van der Waals surface area contributed by atoms with Gasteiger partial charge in [-0.2, -0.15) is 0 Å². The lowest BCUT2D eigenvalue weighted by atomic mass is 9.88. The van der Waals surface area contributed by atoms with E-state index in [1.54, 1.807) is 76.0 Å². The molecule has 0 fully saturated rings. The van der Waals surface area contributed by atoms with Crippen LogP contribution in [0.4, 0.5) is 0 Å². The van der Waals surface area contributed by atoms with E-state index in [-0.39, 0.29) is 78.8 Å². The van der Waals surface area contributed by atoms with Gasteiger partial charge in [-0.25, -0.2) is 4.98 Å². The van der Waals surface area contributed by atoms with Gasteiger partial charge in [-0.3, -0.25) is 13.7 Å². The predicted molar refractivity (Wildman–Crippen MR) is 282 cm³/mol. The van der Waals surface area contributed by atoms with Crippen molar-refractivity contribution in [3.63, 3.8) is 0 Å². The molecule has 0 spiro atoms. The monoisotopic (exact) mass is 904 g/mol. The Kier molecular flexibility index (Phi) is 5.99. The van der Waals surface area contributed by atoms with Gasteiger partial charge in [0.2, 0.25) is 0 Å². The van der Waals surface area contributed by atoms with Crippen LogP contribution in [-0.2, 0) is 5.41 Å². The fraction of sp³-hybridized carbons (Fsp3) is 0.0625. The average Bonchev–Trinajstić information content (AvgIpc) is 1.63. The van der Waals surface area contributed by atoms with Crippen LogP contribution in [0.1, 0.15) is 51.0 Å². The van der Waals surface area contributed by atoms with Crippen LogP contribution >= 0.6 is 0 Å². The molecule has 0 saturated heterocycles. The van der Waals surface area contributed by atoms with Crippen LogP contribution < -0.4 is 9.30 Å². The van der Waals surface area contributed by atoms with Crippen LogP contribution in [-0.4, -0.2) is 14.1 Å². The summed E-state index contributed by atoms with van der Waals surface area (Å²) in [6.07, 6.45) is 5.19. The predicted octanol–water partition coefficient (Wildman–Crippen LogP) is 15.9. The van der Waals surface area contributed by atoms with Gasteiger partial charge < -0.3 is 4.74 Å². The first-order valence-corrected chi connectivity index (χ1v) is 22.1. The Hall–Kier alpha value is -8.80. The van der Waals surface area contributed by atoms with Crippen LogP contribution in [0, 0.1) is 6.33 Å². The van der Waals surface area contributed by atoms with E-state index in [9.17, 15) is 8.22 Å². The number of nitrogens with zero attached hydrogens (tertiary/aromatic N) is 4. The third-order valence-corrected chi connectivity index (χ3v) is 12.6. The van der Waals surface area contributed by atoms with E-state index in [4.69, 9.17) is 26.2 Å². The summed E-state index contributed by atoms with van der Waals surface area (Å²) in [5.41, 5.74) is 3.11. The molecule has 5 heteroatoms. The quantitative estimate of drug-likeness (QED) is 0.123. The van der Waals surface area contributed by atoms with Crippen molar-refractivity contribution in [1.29, 1.82) is 0 Å². The molecule has 328 valence electrons. The second-order valence-corrected chi connectivity index (χ2v) is 17.6. The van der Waals surface area contributed by atoms with Gasteiger partial charge in [-0.1, -0.05) is 178 Å². The van der Waals surface area contributed by atoms with E-state index in [1.807, 2.05) is 41.0 Å². The van der Waals surface area contributed by atoms with E-state index < -0.39 is 96.7 Å². The van der Waals surface area contributed by atoms with Crippen molar-refractivity contribution < 1.29 is 34.0 Å². The normalized spacial score (nSPS) is 15.6. The fourth-order valence-electron chi connectivity index (χ4n) is 9.38. The highest BCUT2D eigenvalue weighted by atomic mass is 16.5. The van der Waals surface area contributed by atoms with E-state index >= 15 is 0 Å². The lowest BCUT2D eigenvalue weighted by molar-refractivity contribution is -0.570. The van der Waals surface area contributed by atoms with E-state index in [0.29, 0.717) is 45.0 Å². The van der Waals surface area contributed by atoms with Crippen LogP contribution in [0.3, 0.4) is 0 Å². The van der Waals surface area contributed by atoms with Crippen molar-refractivity contribution >= 4 is 32.8 Å². The highest BCUT2D eigenvalue weighted by molar-refractivity contribution is 6.11. The van der Waals surface area contributed by atoms with Crippen molar-refractivity contribution in [3.05, 3.63) is 236 Å². The second-order valence-electron chi connectivity index (χ2n) is 17.6. The highest BCUT2D eigenvalue weighted by Crippen LogP contribution is 2.45. The van der Waals surface area contributed by atoms with Crippen molar-refractivity contribution in [1.82, 2.24) is 14.1 Å². The summed E-state index contributed by atoms with van der Waals surface area (Å²) in [5.74, 6) is 1.33. The average molecular weight is 905 g/mol. The summed E-state index contributed by atoms with van der Waals surface area (Å²) in [5, 5.41) is 1.46. The lowest BCUT2D eigenvalue weighted by Gasteiger charge is -2.20. The molecule has 1 aliphatic heterocycles. The zero-order chi connectivity index (χ0) is 61.9. The molecule has 9 aromatic carbocycles. The zero-order valence-corrected chi connectivity index (χ0v) is 37.2. The lowest BCUT2D eigenvalue weighted by Crippen LogP contribution is -2.32. The largest absolute Gasteiger partial charge is 0.458 e. The van der Waals surface area contributed by atoms with Crippen molar-refractivity contribution in [2.24, 2.45) is 0 Å². The summed E-state index contributed by atoms with van der Waals surface area (Å²) in [6.45, 7) is 6.30. The SMILES string of the molecule is [2H]c1c([2H])c([2H])c(-c2ccc3c(c2)c2ccc(Oc4cccc(-n5[c-][n+]6c7c(cccc75)-c5c([2H])c([2H])c([2H])c([2H])c5-c5c([2H])c([2H])c([2H])c([2H])c5-c5cccc(-c7c([2H])c([2H])c([2H])c([2H])c7[2H])c5-6)c4)cc2n3-c2cc(C(C)(C)C)ccn2)c([2H])c1[2H]. The van der Waals surface area contributed by atoms with E-state index in [0.717, 1.165) is 16.5 Å². The van der Waals surface area contributed by atoms with E-state index in [2.05, 4.69) is 27.1 Å². The molecular weight excluding hydrogens is 841 g/mol. The smallest absolute Gasteiger partial charge is 0.269 e. The number of imidazole rings is 1. The van der Waals surface area contributed by atoms with Gasteiger partial charge in [0.25, 0.3) is 6.33 Å². The zero-order valence-electron chi connectivity index (χ0n) is 55.2. The Balaban J connectivity index is 1.05. The summed E-state index contributed by atoms with van der Waals surface area (Å²) >= 11 is 0. The number of fused-ring (bicyclic) bond motifs is 10. The molecule has 0 atom stereocenters. The number of benzene rings is 9. The van der Waals surface area contributed by atoms with Gasteiger partial charge >= 0.3 is 0 Å². The number of pyridine rings is 1. The molecule has 0 N–H and O–H groups in total. The maximum Gasteiger partial charge on any atom is 0.269 e. The van der Waals surface area contributed by atoms with Gasteiger partial charge in [0.1, 0.15) is 17.3 Å². The summed E-state index contributed by atoms with van der Waals surface area (Å²) < 4.78 is 173. The number of rotatable bonds is 6. The topological polar surface area (TPSA) is 35.9 Å². The van der Waals surface area contributed by atoms with Gasteiger partial charge in [-0.15, -0.1) is 0 Å². The molecule has 4 heterocycles. The van der Waals surface area contributed by atoms with Crippen LogP contribution in [0.15, 0.2) is 224 Å². The highest BCUT2D eigenvalue weighted by Gasteiger charge is 2.26. The number of hydrogen-bond donors (Lipinski definition) is 0. The molecule has 12 aromatic rings. The van der Waals surface area contributed by atoms with Crippen LogP contribution in [0.2, 0.25) is 0 Å². The second kappa shape index (κ2) is 15.9. The van der Waals surface area contributed by atoms with Gasteiger partial charge in [0.05, 0.1) is 58.1 Å². The van der Waals surface area contributed by atoms with Crippen molar-refractivity contribution in [2.45, 2.75) is 26.2 Å². The van der Waals surface area contributed by atoms with Gasteiger partial charge in [0.15, 0.2) is 0 Å². The Morgan fingerprint density at radius 1 is 0.507 bits per heavy atom. The first-order valence-electron chi connectivity index (χ1n) is 31.1. The Morgan fingerprint density at radius 2 is 1.14 bits per heavy atom. The fourth-order valence-corrected chi connectivity index (χ4v) is 9.38. The van der Waals surface area contributed by atoms with E-state index in [1.165, 1.54) is 12.1 Å². The molecule has 13 rings (SSSR count). The maximum atomic E-state index is 9.58. The molecule has 0 amide bonds. The number of hydrogen-bond acceptors (Lipinski definition) is 2.